The van der Waals surface area contributed by atoms with Gasteiger partial charge >= 0.3 is 0 Å². The normalized spacial score (nSPS) is 12.2. The second kappa shape index (κ2) is 4.99. The summed E-state index contributed by atoms with van der Waals surface area (Å²) < 4.78 is 5.01. The van der Waals surface area contributed by atoms with Gasteiger partial charge in [0.15, 0.2) is 17.3 Å². The van der Waals surface area contributed by atoms with Gasteiger partial charge in [-0.3, -0.25) is 4.79 Å². The van der Waals surface area contributed by atoms with Gasteiger partial charge in [0.25, 0.3) is 0 Å². The van der Waals surface area contributed by atoms with Crippen molar-refractivity contribution in [2.45, 2.75) is 26.3 Å². The average molecular weight is 223 g/mol. The van der Waals surface area contributed by atoms with Crippen molar-refractivity contribution >= 4 is 5.78 Å². The van der Waals surface area contributed by atoms with Gasteiger partial charge in [-0.2, -0.15) is 0 Å². The number of benzene rings is 1. The number of Topliss-reactive ketones (excluding diaryl/α,β-unsaturated/α-hetero) is 1. The van der Waals surface area contributed by atoms with E-state index in [1.165, 1.54) is 7.11 Å². The number of phenolic OH excluding ortho intramolecular Hbond substituents is 1. The highest BCUT2D eigenvalue weighted by atomic mass is 16.5. The first kappa shape index (κ1) is 12.5. The Morgan fingerprint density at radius 1 is 1.56 bits per heavy atom. The van der Waals surface area contributed by atoms with E-state index in [0.29, 0.717) is 5.75 Å². The largest absolute Gasteiger partial charge is 0.504 e. The quantitative estimate of drug-likeness (QED) is 0.758. The maximum Gasteiger partial charge on any atom is 0.183 e. The van der Waals surface area contributed by atoms with Crippen LogP contribution < -0.4 is 10.5 Å². The van der Waals surface area contributed by atoms with Gasteiger partial charge in [0.2, 0.25) is 0 Å². The van der Waals surface area contributed by atoms with Gasteiger partial charge < -0.3 is 15.6 Å². The fraction of sp³-hybridized carbons (Fsp3) is 0.417. The Balaban J connectivity index is 3.31. The molecular weight excluding hydrogens is 206 g/mol. The van der Waals surface area contributed by atoms with Crippen LogP contribution in [0.25, 0.3) is 0 Å². The first-order valence-corrected chi connectivity index (χ1v) is 5.20. The molecule has 1 aromatic carbocycles. The fourth-order valence-corrected chi connectivity index (χ4v) is 1.46. The van der Waals surface area contributed by atoms with Gasteiger partial charge in [-0.15, -0.1) is 0 Å². The van der Waals surface area contributed by atoms with Crippen LogP contribution in [0.15, 0.2) is 12.1 Å². The summed E-state index contributed by atoms with van der Waals surface area (Å²) in [6.45, 7) is 3.55. The second-order valence-electron chi connectivity index (χ2n) is 3.70. The number of rotatable bonds is 4. The molecule has 4 nitrogen and oxygen atoms in total. The molecule has 0 aliphatic heterocycles. The van der Waals surface area contributed by atoms with Gasteiger partial charge in [-0.25, -0.2) is 0 Å². The van der Waals surface area contributed by atoms with Crippen LogP contribution in [0.5, 0.6) is 11.5 Å². The van der Waals surface area contributed by atoms with Crippen molar-refractivity contribution in [3.8, 4) is 11.5 Å². The Morgan fingerprint density at radius 3 is 2.62 bits per heavy atom. The van der Waals surface area contributed by atoms with E-state index >= 15 is 0 Å². The Labute approximate surface area is 95.0 Å². The van der Waals surface area contributed by atoms with Crippen LogP contribution in [0.3, 0.4) is 0 Å². The highest BCUT2D eigenvalue weighted by Crippen LogP contribution is 2.32. The molecule has 0 aliphatic rings. The number of carbonyl (C=O) groups excluding carboxylic acids is 1. The van der Waals surface area contributed by atoms with E-state index in [-0.39, 0.29) is 17.1 Å². The number of hydrogen-bond acceptors (Lipinski definition) is 4. The Bertz CT molecular complexity index is 399. The highest BCUT2D eigenvalue weighted by Gasteiger charge is 2.19. The van der Waals surface area contributed by atoms with Gasteiger partial charge in [0, 0.05) is 0 Å². The number of methoxy groups -OCH3 is 1. The third-order valence-electron chi connectivity index (χ3n) is 2.44. The molecule has 1 atom stereocenters. The molecule has 0 radical (unpaired) electrons. The Hall–Kier alpha value is -1.55. The van der Waals surface area contributed by atoms with Crippen molar-refractivity contribution in [1.29, 1.82) is 0 Å². The minimum atomic E-state index is -0.636. The molecule has 4 heteroatoms. The summed E-state index contributed by atoms with van der Waals surface area (Å²) in [5.74, 6) is -0.114. The maximum atomic E-state index is 11.8. The molecule has 0 saturated heterocycles. The molecular formula is C12H17NO3. The minimum Gasteiger partial charge on any atom is -0.504 e. The van der Waals surface area contributed by atoms with Crippen LogP contribution in [0.4, 0.5) is 0 Å². The molecule has 1 unspecified atom stereocenters. The fourth-order valence-electron chi connectivity index (χ4n) is 1.46. The van der Waals surface area contributed by atoms with Crippen molar-refractivity contribution in [3.05, 3.63) is 23.3 Å². The lowest BCUT2D eigenvalue weighted by molar-refractivity contribution is 0.0964. The lowest BCUT2D eigenvalue weighted by Gasteiger charge is -2.12. The standard InChI is InChI=1S/C12H17NO3/c1-4-8-5-9(11(14)7(2)13)12(15)10(6-8)16-3/h5-7,15H,4,13H2,1-3H3. The summed E-state index contributed by atoms with van der Waals surface area (Å²) in [5.41, 5.74) is 6.68. The van der Waals surface area contributed by atoms with E-state index in [4.69, 9.17) is 10.5 Å². The number of aromatic hydroxyl groups is 1. The summed E-state index contributed by atoms with van der Waals surface area (Å²) >= 11 is 0. The van der Waals surface area contributed by atoms with Crippen LogP contribution in [-0.4, -0.2) is 24.0 Å². The van der Waals surface area contributed by atoms with Crippen molar-refractivity contribution in [1.82, 2.24) is 0 Å². The van der Waals surface area contributed by atoms with E-state index < -0.39 is 6.04 Å². The maximum absolute atomic E-state index is 11.8. The summed E-state index contributed by atoms with van der Waals surface area (Å²) in [5, 5.41) is 9.83. The lowest BCUT2D eigenvalue weighted by Crippen LogP contribution is -2.26. The van der Waals surface area contributed by atoms with E-state index in [2.05, 4.69) is 0 Å². The van der Waals surface area contributed by atoms with Gasteiger partial charge in [0.05, 0.1) is 18.7 Å². The molecule has 0 bridgehead atoms. The number of ketones is 1. The highest BCUT2D eigenvalue weighted by molar-refractivity contribution is 6.02. The SMILES string of the molecule is CCc1cc(OC)c(O)c(C(=O)C(C)N)c1. The Kier molecular flexibility index (Phi) is 3.90. The first-order valence-electron chi connectivity index (χ1n) is 5.20. The molecule has 3 N–H and O–H groups in total. The smallest absolute Gasteiger partial charge is 0.183 e. The molecule has 0 aromatic heterocycles. The summed E-state index contributed by atoms with van der Waals surface area (Å²) in [7, 11) is 1.45. The number of carbonyl (C=O) groups is 1. The summed E-state index contributed by atoms with van der Waals surface area (Å²) in [6, 6.07) is 2.74. The monoisotopic (exact) mass is 223 g/mol. The molecule has 0 aliphatic carbocycles. The van der Waals surface area contributed by atoms with Gasteiger partial charge in [0.1, 0.15) is 0 Å². The molecule has 0 saturated carbocycles. The summed E-state index contributed by atoms with van der Waals surface area (Å²) in [4.78, 5) is 11.8. The molecule has 0 amide bonds. The molecule has 0 heterocycles. The third kappa shape index (κ3) is 2.33. The van der Waals surface area contributed by atoms with E-state index in [1.54, 1.807) is 19.1 Å². The Morgan fingerprint density at radius 2 is 2.19 bits per heavy atom. The number of phenols is 1. The second-order valence-corrected chi connectivity index (χ2v) is 3.70. The molecule has 1 rings (SSSR count). The van der Waals surface area contributed by atoms with Gasteiger partial charge in [-0.1, -0.05) is 6.92 Å². The molecule has 0 fully saturated rings. The van der Waals surface area contributed by atoms with Crippen LogP contribution >= 0.6 is 0 Å². The predicted octanol–water partition coefficient (Wildman–Crippen LogP) is 1.49. The molecule has 16 heavy (non-hydrogen) atoms. The number of nitrogens with two attached hydrogens (primary N) is 1. The van der Waals surface area contributed by atoms with Crippen molar-refractivity contribution in [2.24, 2.45) is 5.73 Å². The topological polar surface area (TPSA) is 72.5 Å². The van der Waals surface area contributed by atoms with Crippen molar-refractivity contribution in [2.75, 3.05) is 7.11 Å². The number of ether oxygens (including phenoxy) is 1. The molecule has 1 aromatic rings. The summed E-state index contributed by atoms with van der Waals surface area (Å²) in [6.07, 6.45) is 0.760. The zero-order valence-electron chi connectivity index (χ0n) is 9.78. The van der Waals surface area contributed by atoms with Crippen molar-refractivity contribution < 1.29 is 14.6 Å². The molecule has 88 valence electrons. The van der Waals surface area contributed by atoms with E-state index in [0.717, 1.165) is 12.0 Å². The van der Waals surface area contributed by atoms with Crippen LogP contribution in [0.2, 0.25) is 0 Å². The average Bonchev–Trinajstić information content (AvgIpc) is 2.28. The number of hydrogen-bond donors (Lipinski definition) is 2. The zero-order valence-corrected chi connectivity index (χ0v) is 9.78. The van der Waals surface area contributed by atoms with Gasteiger partial charge in [-0.05, 0) is 31.0 Å². The third-order valence-corrected chi connectivity index (χ3v) is 2.44. The van der Waals surface area contributed by atoms with E-state index in [1.807, 2.05) is 6.92 Å². The van der Waals surface area contributed by atoms with Crippen molar-refractivity contribution in [3.63, 3.8) is 0 Å². The van der Waals surface area contributed by atoms with Crippen LogP contribution in [-0.2, 0) is 6.42 Å². The van der Waals surface area contributed by atoms with E-state index in [9.17, 15) is 9.90 Å². The first-order chi connectivity index (χ1) is 7.51. The number of aryl methyl sites for hydroxylation is 1. The van der Waals surface area contributed by atoms with Crippen LogP contribution in [0.1, 0.15) is 29.8 Å². The van der Waals surface area contributed by atoms with Crippen LogP contribution in [0, 0.1) is 0 Å². The zero-order chi connectivity index (χ0) is 12.3. The molecule has 0 spiro atoms. The minimum absolute atomic E-state index is 0.137. The lowest BCUT2D eigenvalue weighted by atomic mass is 10.0. The predicted molar refractivity (Wildman–Crippen MR) is 62.0 cm³/mol.